The van der Waals surface area contributed by atoms with Gasteiger partial charge >= 0.3 is 7.60 Å². The Hall–Kier alpha value is -1.77. The molecule has 0 radical (unpaired) electrons. The molecule has 1 heterocycles. The van der Waals surface area contributed by atoms with E-state index >= 15 is 0 Å². The van der Waals surface area contributed by atoms with Gasteiger partial charge in [-0.05, 0) is 32.0 Å². The zero-order valence-corrected chi connectivity index (χ0v) is 16.0. The summed E-state index contributed by atoms with van der Waals surface area (Å²) in [6, 6.07) is 9.43. The average Bonchev–Trinajstić information content (AvgIpc) is 2.61. The molecule has 10 heteroatoms. The van der Waals surface area contributed by atoms with Crippen molar-refractivity contribution in [3.63, 3.8) is 0 Å². The first-order valence-corrected chi connectivity index (χ1v) is 10.3. The van der Waals surface area contributed by atoms with Gasteiger partial charge in [-0.2, -0.15) is 0 Å². The van der Waals surface area contributed by atoms with Crippen molar-refractivity contribution in [2.75, 3.05) is 13.2 Å². The van der Waals surface area contributed by atoms with Crippen LogP contribution in [0.15, 0.2) is 52.5 Å². The van der Waals surface area contributed by atoms with Crippen LogP contribution in [0.2, 0.25) is 0 Å². The van der Waals surface area contributed by atoms with Gasteiger partial charge in [-0.1, -0.05) is 17.8 Å². The van der Waals surface area contributed by atoms with Crippen molar-refractivity contribution in [3.8, 4) is 0 Å². The van der Waals surface area contributed by atoms with Gasteiger partial charge in [-0.3, -0.25) is 14.7 Å². The zero-order valence-electron chi connectivity index (χ0n) is 14.3. The van der Waals surface area contributed by atoms with Gasteiger partial charge in [0.15, 0.2) is 5.85 Å². The van der Waals surface area contributed by atoms with Crippen LogP contribution in [0, 0.1) is 10.1 Å². The van der Waals surface area contributed by atoms with E-state index in [1.807, 2.05) is 0 Å². The highest BCUT2D eigenvalue weighted by atomic mass is 32.2. The summed E-state index contributed by atoms with van der Waals surface area (Å²) in [5, 5.41) is 11.8. The lowest BCUT2D eigenvalue weighted by molar-refractivity contribution is -0.385. The van der Waals surface area contributed by atoms with E-state index in [1.54, 1.807) is 38.2 Å². The van der Waals surface area contributed by atoms with E-state index in [0.717, 1.165) is 0 Å². The van der Waals surface area contributed by atoms with Gasteiger partial charge in [0.1, 0.15) is 5.03 Å². The molecule has 1 N–H and O–H groups in total. The zero-order chi connectivity index (χ0) is 19.2. The molecule has 0 saturated carbocycles. The number of aromatic nitrogens is 1. The summed E-state index contributed by atoms with van der Waals surface area (Å²) in [5.41, 5.74) is 0.0163. The molecule has 0 aliphatic heterocycles. The normalized spacial score (nSPS) is 14.6. The van der Waals surface area contributed by atoms with Crippen molar-refractivity contribution in [3.05, 3.63) is 58.3 Å². The Balaban J connectivity index is 2.54. The first kappa shape index (κ1) is 20.5. The molecule has 26 heavy (non-hydrogen) atoms. The molecule has 1 aromatic heterocycles. The van der Waals surface area contributed by atoms with E-state index in [0.29, 0.717) is 9.92 Å². The number of pyridine rings is 1. The Labute approximate surface area is 155 Å². The molecule has 8 nitrogen and oxygen atoms in total. The first-order chi connectivity index (χ1) is 12.4. The minimum absolute atomic E-state index is 0.00892. The minimum atomic E-state index is -4.20. The van der Waals surface area contributed by atoms with Crippen LogP contribution < -0.4 is 0 Å². The van der Waals surface area contributed by atoms with E-state index in [9.17, 15) is 19.6 Å². The lowest BCUT2D eigenvalue weighted by Gasteiger charge is -2.24. The highest BCUT2D eigenvalue weighted by Gasteiger charge is 2.37. The van der Waals surface area contributed by atoms with Crippen molar-refractivity contribution >= 4 is 25.0 Å². The largest absolute Gasteiger partial charge is 0.361 e. The fraction of sp³-hybridized carbons (Fsp3) is 0.312. The predicted molar refractivity (Wildman–Crippen MR) is 97.3 cm³/mol. The minimum Gasteiger partial charge on any atom is -0.361 e. The van der Waals surface area contributed by atoms with Gasteiger partial charge in [0.2, 0.25) is 0 Å². The van der Waals surface area contributed by atoms with Crippen LogP contribution in [-0.2, 0) is 13.8 Å². The Morgan fingerprint density at radius 1 is 1.31 bits per heavy atom. The Kier molecular flexibility index (Phi) is 7.31. The number of hydrogen-bond acceptors (Lipinski definition) is 7. The summed E-state index contributed by atoms with van der Waals surface area (Å²) in [6.45, 7) is 3.40. The molecule has 2 atom stereocenters. The number of non-ortho nitro benzene ring substituents is 1. The van der Waals surface area contributed by atoms with Crippen molar-refractivity contribution < 1.29 is 23.6 Å². The number of nitro groups is 1. The third-order valence-electron chi connectivity index (χ3n) is 3.26. The van der Waals surface area contributed by atoms with Crippen molar-refractivity contribution in [1.82, 2.24) is 4.98 Å². The van der Waals surface area contributed by atoms with E-state index in [4.69, 9.17) is 9.26 Å². The molecule has 2 unspecified atom stereocenters. The second kappa shape index (κ2) is 9.25. The summed E-state index contributed by atoms with van der Waals surface area (Å²) in [4.78, 5) is 25.6. The summed E-state index contributed by atoms with van der Waals surface area (Å²) >= 11 is 1.22. The molecular formula is C16H19N2O6PS. The molecule has 0 spiro atoms. The SMILES string of the molecule is CCOC(c1cc([N+](=O)[O-])ccc1Sc1ccccn1)P(=O)(O)OCC. The average molecular weight is 398 g/mol. The monoisotopic (exact) mass is 398 g/mol. The van der Waals surface area contributed by atoms with Crippen LogP contribution in [0.3, 0.4) is 0 Å². The van der Waals surface area contributed by atoms with Crippen molar-refractivity contribution in [1.29, 1.82) is 0 Å². The summed E-state index contributed by atoms with van der Waals surface area (Å²) in [5.74, 6) is -1.33. The van der Waals surface area contributed by atoms with Crippen LogP contribution >= 0.6 is 19.4 Å². The van der Waals surface area contributed by atoms with E-state index in [2.05, 4.69) is 4.98 Å². The Morgan fingerprint density at radius 3 is 2.65 bits per heavy atom. The summed E-state index contributed by atoms with van der Waals surface area (Å²) in [6.07, 6.45) is 1.62. The van der Waals surface area contributed by atoms with Gasteiger partial charge in [0.05, 0.1) is 11.5 Å². The highest BCUT2D eigenvalue weighted by molar-refractivity contribution is 7.99. The number of ether oxygens (including phenoxy) is 1. The van der Waals surface area contributed by atoms with E-state index < -0.39 is 18.4 Å². The first-order valence-electron chi connectivity index (χ1n) is 7.84. The predicted octanol–water partition coefficient (Wildman–Crippen LogP) is 4.40. The summed E-state index contributed by atoms with van der Waals surface area (Å²) in [7, 11) is -4.20. The van der Waals surface area contributed by atoms with Crippen LogP contribution in [0.4, 0.5) is 5.69 Å². The number of rotatable bonds is 9. The van der Waals surface area contributed by atoms with E-state index in [1.165, 1.54) is 30.0 Å². The second-order valence-corrected chi connectivity index (χ2v) is 7.96. The fourth-order valence-corrected chi connectivity index (χ4v) is 4.63. The third-order valence-corrected chi connectivity index (χ3v) is 5.95. The standard InChI is InChI=1S/C16H19N2O6PS/c1-3-23-16(25(21,22)24-4-2)13-11-12(18(19)20)8-9-14(13)26-15-7-5-6-10-17-15/h5-11,16H,3-4H2,1-2H3,(H,21,22). The molecule has 0 fully saturated rings. The molecule has 2 rings (SSSR count). The molecular weight excluding hydrogens is 379 g/mol. The lowest BCUT2D eigenvalue weighted by Crippen LogP contribution is -2.09. The van der Waals surface area contributed by atoms with Crippen LogP contribution in [-0.4, -0.2) is 28.0 Å². The van der Waals surface area contributed by atoms with Crippen LogP contribution in [0.25, 0.3) is 0 Å². The molecule has 0 bridgehead atoms. The van der Waals surface area contributed by atoms with Crippen LogP contribution in [0.5, 0.6) is 0 Å². The number of hydrogen-bond donors (Lipinski definition) is 1. The number of benzene rings is 1. The maximum absolute atomic E-state index is 12.6. The molecule has 0 aliphatic rings. The van der Waals surface area contributed by atoms with Crippen LogP contribution in [0.1, 0.15) is 25.3 Å². The maximum Gasteiger partial charge on any atom is 0.361 e. The molecule has 0 saturated heterocycles. The maximum atomic E-state index is 12.6. The Bertz CT molecular complexity index is 805. The molecule has 1 aromatic carbocycles. The van der Waals surface area contributed by atoms with Crippen molar-refractivity contribution in [2.24, 2.45) is 0 Å². The molecule has 2 aromatic rings. The Morgan fingerprint density at radius 2 is 2.08 bits per heavy atom. The highest BCUT2D eigenvalue weighted by Crippen LogP contribution is 2.59. The van der Waals surface area contributed by atoms with E-state index in [-0.39, 0.29) is 24.5 Å². The lowest BCUT2D eigenvalue weighted by atomic mass is 10.2. The molecule has 0 aliphatic carbocycles. The second-order valence-electron chi connectivity index (χ2n) is 5.04. The fourth-order valence-electron chi connectivity index (χ4n) is 2.23. The van der Waals surface area contributed by atoms with Gasteiger partial charge in [0.25, 0.3) is 5.69 Å². The molecule has 140 valence electrons. The van der Waals surface area contributed by atoms with Gasteiger partial charge in [-0.15, -0.1) is 0 Å². The summed E-state index contributed by atoms with van der Waals surface area (Å²) < 4.78 is 23.1. The molecule has 0 amide bonds. The van der Waals surface area contributed by atoms with Gasteiger partial charge in [-0.25, -0.2) is 4.98 Å². The van der Waals surface area contributed by atoms with Gasteiger partial charge in [0, 0.05) is 35.4 Å². The third kappa shape index (κ3) is 5.12. The number of nitro benzene ring substituents is 1. The number of nitrogens with zero attached hydrogens (tertiary/aromatic N) is 2. The smallest absolute Gasteiger partial charge is 0.361 e. The van der Waals surface area contributed by atoms with Crippen molar-refractivity contribution in [2.45, 2.75) is 29.6 Å². The van der Waals surface area contributed by atoms with Gasteiger partial charge < -0.3 is 14.2 Å². The topological polar surface area (TPSA) is 112 Å². The quantitative estimate of drug-likeness (QED) is 0.376.